The van der Waals surface area contributed by atoms with Crippen molar-refractivity contribution in [3.05, 3.63) is 16.4 Å². The van der Waals surface area contributed by atoms with E-state index in [1.54, 1.807) is 18.7 Å². The van der Waals surface area contributed by atoms with E-state index in [4.69, 9.17) is 28.6 Å². The van der Waals surface area contributed by atoms with Gasteiger partial charge in [-0.15, -0.1) is 0 Å². The molecule has 1 fully saturated rings. The van der Waals surface area contributed by atoms with Gasteiger partial charge in [0.25, 0.3) is 0 Å². The van der Waals surface area contributed by atoms with Crippen LogP contribution in [0.5, 0.6) is 0 Å². The molecule has 0 aliphatic carbocycles. The van der Waals surface area contributed by atoms with Crippen LogP contribution in [0.4, 0.5) is 0 Å². The standard InChI is InChI=1S/C14H22ClN5O3S2/c1-9(7-23-3)17-14(24)18-16-6-12-10(2)19-20(13(12)15)11-4-5-25(21,22)8-11/h6,9,11H,4-5,7-8H2,1-3H3,(H2,17,18,24)/b16-6-/t9-,11-/m1/s1. The van der Waals surface area contributed by atoms with Gasteiger partial charge in [0.05, 0.1) is 41.6 Å². The number of methoxy groups -OCH3 is 1. The summed E-state index contributed by atoms with van der Waals surface area (Å²) in [5.74, 6) is 0.228. The number of ether oxygens (including phenoxy) is 1. The molecule has 2 rings (SSSR count). The van der Waals surface area contributed by atoms with Crippen molar-refractivity contribution in [3.63, 3.8) is 0 Å². The molecule has 140 valence electrons. The highest BCUT2D eigenvalue weighted by molar-refractivity contribution is 7.91. The molecular formula is C14H22ClN5O3S2. The van der Waals surface area contributed by atoms with Crippen molar-refractivity contribution in [2.45, 2.75) is 32.4 Å². The number of thiocarbonyl (C=S) groups is 1. The predicted octanol–water partition coefficient (Wildman–Crippen LogP) is 1.04. The van der Waals surface area contributed by atoms with Crippen molar-refractivity contribution in [3.8, 4) is 0 Å². The van der Waals surface area contributed by atoms with Crippen molar-refractivity contribution in [1.29, 1.82) is 0 Å². The zero-order chi connectivity index (χ0) is 18.6. The Morgan fingerprint density at radius 1 is 1.64 bits per heavy atom. The van der Waals surface area contributed by atoms with Gasteiger partial charge in [-0.2, -0.15) is 10.2 Å². The Balaban J connectivity index is 2.02. The fourth-order valence-electron chi connectivity index (χ4n) is 2.59. The lowest BCUT2D eigenvalue weighted by Gasteiger charge is -2.13. The number of rotatable bonds is 6. The van der Waals surface area contributed by atoms with Gasteiger partial charge in [0.15, 0.2) is 14.9 Å². The normalized spacial score (nSPS) is 20.7. The Hall–Kier alpha value is -1.23. The minimum Gasteiger partial charge on any atom is -0.383 e. The van der Waals surface area contributed by atoms with Gasteiger partial charge in [0.1, 0.15) is 5.15 Å². The molecule has 1 aliphatic heterocycles. The number of hydrogen-bond acceptors (Lipinski definition) is 6. The first-order valence-corrected chi connectivity index (χ1v) is 10.4. The van der Waals surface area contributed by atoms with E-state index in [2.05, 4.69) is 20.9 Å². The molecule has 1 aromatic rings. The minimum absolute atomic E-state index is 0.0533. The molecule has 1 aromatic heterocycles. The molecule has 8 nitrogen and oxygen atoms in total. The van der Waals surface area contributed by atoms with Gasteiger partial charge in [0, 0.05) is 13.2 Å². The second-order valence-corrected chi connectivity index (χ2v) is 8.99. The van der Waals surface area contributed by atoms with E-state index in [0.717, 1.165) is 0 Å². The molecule has 0 saturated carbocycles. The number of nitrogens with zero attached hydrogens (tertiary/aromatic N) is 3. The number of aryl methyl sites for hydroxylation is 1. The first-order valence-electron chi connectivity index (χ1n) is 7.77. The quantitative estimate of drug-likeness (QED) is 0.413. The summed E-state index contributed by atoms with van der Waals surface area (Å²) in [6, 6.07) is -0.179. The van der Waals surface area contributed by atoms with E-state index in [0.29, 0.717) is 34.6 Å². The maximum Gasteiger partial charge on any atom is 0.187 e. The lowest BCUT2D eigenvalue weighted by Crippen LogP contribution is -2.40. The summed E-state index contributed by atoms with van der Waals surface area (Å²) < 4.78 is 29.9. The molecule has 0 aromatic carbocycles. The summed E-state index contributed by atoms with van der Waals surface area (Å²) in [4.78, 5) is 0. The fourth-order valence-corrected chi connectivity index (χ4v) is 4.90. The largest absolute Gasteiger partial charge is 0.383 e. The Bertz CT molecular complexity index is 763. The minimum atomic E-state index is -3.01. The second kappa shape index (κ2) is 8.43. The van der Waals surface area contributed by atoms with Crippen molar-refractivity contribution in [1.82, 2.24) is 20.5 Å². The zero-order valence-electron chi connectivity index (χ0n) is 14.3. The van der Waals surface area contributed by atoms with Gasteiger partial charge in [-0.05, 0) is 32.5 Å². The highest BCUT2D eigenvalue weighted by Crippen LogP contribution is 2.29. The number of nitrogens with one attached hydrogen (secondary N) is 2. The summed E-state index contributed by atoms with van der Waals surface area (Å²) in [5, 5.41) is 12.2. The smallest absolute Gasteiger partial charge is 0.187 e. The van der Waals surface area contributed by atoms with Gasteiger partial charge in [-0.3, -0.25) is 5.43 Å². The van der Waals surface area contributed by atoms with Gasteiger partial charge in [-0.25, -0.2) is 13.1 Å². The second-order valence-electron chi connectivity index (χ2n) is 5.99. The van der Waals surface area contributed by atoms with Crippen LogP contribution in [0.25, 0.3) is 0 Å². The molecule has 0 amide bonds. The Labute approximate surface area is 157 Å². The number of aromatic nitrogens is 2. The molecule has 1 saturated heterocycles. The third kappa shape index (κ3) is 5.37. The van der Waals surface area contributed by atoms with Crippen LogP contribution in [-0.4, -0.2) is 60.8 Å². The molecule has 1 aliphatic rings. The molecule has 0 spiro atoms. The summed E-state index contributed by atoms with van der Waals surface area (Å²) >= 11 is 11.5. The molecule has 0 bridgehead atoms. The fraction of sp³-hybridized carbons (Fsp3) is 0.643. The van der Waals surface area contributed by atoms with Gasteiger partial charge in [0.2, 0.25) is 0 Å². The predicted molar refractivity (Wildman–Crippen MR) is 102 cm³/mol. The molecule has 25 heavy (non-hydrogen) atoms. The number of halogens is 1. The monoisotopic (exact) mass is 407 g/mol. The maximum absolute atomic E-state index is 11.6. The molecule has 0 radical (unpaired) electrons. The Morgan fingerprint density at radius 3 is 2.96 bits per heavy atom. The van der Waals surface area contributed by atoms with Crippen LogP contribution in [0, 0.1) is 6.92 Å². The molecule has 2 atom stereocenters. The van der Waals surface area contributed by atoms with Crippen LogP contribution in [0.15, 0.2) is 5.10 Å². The molecular weight excluding hydrogens is 386 g/mol. The summed E-state index contributed by atoms with van der Waals surface area (Å²) in [7, 11) is -1.39. The summed E-state index contributed by atoms with van der Waals surface area (Å²) in [5.41, 5.74) is 4.01. The van der Waals surface area contributed by atoms with Crippen LogP contribution in [0.2, 0.25) is 5.15 Å². The first kappa shape index (κ1) is 20.1. The van der Waals surface area contributed by atoms with Crippen LogP contribution in [0.3, 0.4) is 0 Å². The van der Waals surface area contributed by atoms with E-state index in [-0.39, 0.29) is 23.6 Å². The molecule has 2 N–H and O–H groups in total. The topological polar surface area (TPSA) is 97.6 Å². The van der Waals surface area contributed by atoms with Crippen LogP contribution in [0.1, 0.15) is 30.6 Å². The van der Waals surface area contributed by atoms with Crippen LogP contribution < -0.4 is 10.7 Å². The molecule has 0 unspecified atom stereocenters. The van der Waals surface area contributed by atoms with Crippen molar-refractivity contribution in [2.24, 2.45) is 5.10 Å². The number of hydrogen-bond donors (Lipinski definition) is 2. The SMILES string of the molecule is COC[C@@H](C)NC(=S)N/N=C\c1c(C)nn([C@@H]2CCS(=O)(=O)C2)c1Cl. The van der Waals surface area contributed by atoms with E-state index in [1.807, 2.05) is 6.92 Å². The van der Waals surface area contributed by atoms with E-state index < -0.39 is 9.84 Å². The van der Waals surface area contributed by atoms with Gasteiger partial charge >= 0.3 is 0 Å². The lowest BCUT2D eigenvalue weighted by atomic mass is 10.2. The van der Waals surface area contributed by atoms with E-state index in [9.17, 15) is 8.42 Å². The van der Waals surface area contributed by atoms with Crippen molar-refractivity contribution in [2.75, 3.05) is 25.2 Å². The van der Waals surface area contributed by atoms with Crippen LogP contribution in [-0.2, 0) is 14.6 Å². The molecule has 2 heterocycles. The number of hydrazone groups is 1. The Kier molecular flexibility index (Phi) is 6.78. The average Bonchev–Trinajstić information content (AvgIpc) is 3.00. The van der Waals surface area contributed by atoms with Crippen LogP contribution >= 0.6 is 23.8 Å². The van der Waals surface area contributed by atoms with E-state index >= 15 is 0 Å². The molecule has 11 heteroatoms. The average molecular weight is 408 g/mol. The third-order valence-electron chi connectivity index (χ3n) is 3.78. The maximum atomic E-state index is 11.6. The lowest BCUT2D eigenvalue weighted by molar-refractivity contribution is 0.179. The number of sulfone groups is 1. The summed E-state index contributed by atoms with van der Waals surface area (Å²) in [6.45, 7) is 4.25. The van der Waals surface area contributed by atoms with Crippen molar-refractivity contribution < 1.29 is 13.2 Å². The van der Waals surface area contributed by atoms with Crippen molar-refractivity contribution >= 4 is 45.0 Å². The highest BCUT2D eigenvalue weighted by atomic mass is 35.5. The van der Waals surface area contributed by atoms with Gasteiger partial charge in [-0.1, -0.05) is 11.6 Å². The van der Waals surface area contributed by atoms with Gasteiger partial charge < -0.3 is 10.1 Å². The third-order valence-corrected chi connectivity index (χ3v) is 6.12. The summed E-state index contributed by atoms with van der Waals surface area (Å²) in [6.07, 6.45) is 2.04. The highest BCUT2D eigenvalue weighted by Gasteiger charge is 2.31. The first-order chi connectivity index (χ1) is 11.7. The Morgan fingerprint density at radius 2 is 2.36 bits per heavy atom. The van der Waals surface area contributed by atoms with E-state index in [1.165, 1.54) is 6.21 Å². The zero-order valence-corrected chi connectivity index (χ0v) is 16.7.